The second-order valence-electron chi connectivity index (χ2n) is 3.06. The summed E-state index contributed by atoms with van der Waals surface area (Å²) >= 11 is 3.17. The number of hydrogen-bond donors (Lipinski definition) is 0. The second kappa shape index (κ2) is 4.51. The molecule has 0 atom stereocenters. The second-order valence-corrected chi connectivity index (χ2v) is 3.98. The third-order valence-corrected chi connectivity index (χ3v) is 2.27. The van der Waals surface area contributed by atoms with Crippen LogP contribution in [0.1, 0.15) is 19.4 Å². The third-order valence-electron chi connectivity index (χ3n) is 1.78. The molecule has 1 aromatic rings. The minimum Gasteiger partial charge on any atom is -0.295 e. The van der Waals surface area contributed by atoms with Gasteiger partial charge in [0.15, 0.2) is 5.78 Å². The molecule has 0 spiro atoms. The molecule has 0 aliphatic heterocycles. The fourth-order valence-electron chi connectivity index (χ4n) is 1.19. The van der Waals surface area contributed by atoms with E-state index in [0.717, 1.165) is 0 Å². The third kappa shape index (κ3) is 2.77. The zero-order valence-corrected chi connectivity index (χ0v) is 9.56. The van der Waals surface area contributed by atoms with Gasteiger partial charge in [0.2, 0.25) is 0 Å². The largest absolute Gasteiger partial charge is 0.295 e. The molecule has 0 amide bonds. The number of halogens is 2. The predicted molar refractivity (Wildman–Crippen MR) is 58.4 cm³/mol. The Labute approximate surface area is 90.8 Å². The lowest BCUT2D eigenvalue weighted by Gasteiger charge is -2.02. The van der Waals surface area contributed by atoms with E-state index in [4.69, 9.17) is 0 Å². The van der Waals surface area contributed by atoms with Crippen molar-refractivity contribution in [2.24, 2.45) is 0 Å². The van der Waals surface area contributed by atoms with Crippen molar-refractivity contribution in [1.29, 1.82) is 0 Å². The summed E-state index contributed by atoms with van der Waals surface area (Å²) in [4.78, 5) is 10.8. The van der Waals surface area contributed by atoms with Crippen LogP contribution in [0, 0.1) is 5.82 Å². The maximum atomic E-state index is 13.4. The van der Waals surface area contributed by atoms with Crippen LogP contribution >= 0.6 is 15.9 Å². The topological polar surface area (TPSA) is 17.1 Å². The van der Waals surface area contributed by atoms with Crippen LogP contribution in [0.5, 0.6) is 0 Å². The summed E-state index contributed by atoms with van der Waals surface area (Å²) in [6.45, 7) is 3.16. The molecular weight excluding hydrogens is 247 g/mol. The van der Waals surface area contributed by atoms with Gasteiger partial charge in [0, 0.05) is 10.0 Å². The van der Waals surface area contributed by atoms with Gasteiger partial charge in [-0.15, -0.1) is 0 Å². The monoisotopic (exact) mass is 256 g/mol. The van der Waals surface area contributed by atoms with Crippen molar-refractivity contribution in [3.63, 3.8) is 0 Å². The first-order chi connectivity index (χ1) is 6.50. The fourth-order valence-corrected chi connectivity index (χ4v) is 1.53. The predicted octanol–water partition coefficient (Wildman–Crippen LogP) is 3.58. The zero-order valence-electron chi connectivity index (χ0n) is 7.97. The summed E-state index contributed by atoms with van der Waals surface area (Å²) in [6, 6.07) is 4.77. The quantitative estimate of drug-likeness (QED) is 0.740. The number of carbonyl (C=O) groups is 1. The summed E-state index contributed by atoms with van der Waals surface area (Å²) in [5, 5.41) is 0. The fraction of sp³-hybridized carbons (Fsp3) is 0.182. The standard InChI is InChI=1S/C11H10BrFO/c1-7(5-8(2)14)10-4-3-9(12)6-11(10)13/h3-6H,1-2H3/b7-5-. The lowest BCUT2D eigenvalue weighted by Crippen LogP contribution is -1.90. The number of benzene rings is 1. The van der Waals surface area contributed by atoms with Gasteiger partial charge in [-0.1, -0.05) is 22.0 Å². The van der Waals surface area contributed by atoms with Gasteiger partial charge in [0.05, 0.1) is 0 Å². The summed E-state index contributed by atoms with van der Waals surface area (Å²) < 4.78 is 14.1. The van der Waals surface area contributed by atoms with Gasteiger partial charge < -0.3 is 0 Å². The van der Waals surface area contributed by atoms with Crippen LogP contribution in [0.3, 0.4) is 0 Å². The molecule has 1 rings (SSSR count). The highest BCUT2D eigenvalue weighted by Gasteiger charge is 2.04. The van der Waals surface area contributed by atoms with Crippen molar-refractivity contribution in [1.82, 2.24) is 0 Å². The van der Waals surface area contributed by atoms with E-state index in [1.165, 1.54) is 19.1 Å². The summed E-state index contributed by atoms with van der Waals surface area (Å²) in [7, 11) is 0. The van der Waals surface area contributed by atoms with Gasteiger partial charge in [0.25, 0.3) is 0 Å². The number of hydrogen-bond acceptors (Lipinski definition) is 1. The van der Waals surface area contributed by atoms with E-state index in [-0.39, 0.29) is 11.6 Å². The molecular formula is C11H10BrFO. The Morgan fingerprint density at radius 1 is 1.43 bits per heavy atom. The molecule has 0 bridgehead atoms. The molecule has 1 nitrogen and oxygen atoms in total. The minimum atomic E-state index is -0.325. The first-order valence-electron chi connectivity index (χ1n) is 4.15. The maximum Gasteiger partial charge on any atom is 0.152 e. The molecule has 0 saturated carbocycles. The van der Waals surface area contributed by atoms with Crippen LogP contribution in [0.2, 0.25) is 0 Å². The smallest absolute Gasteiger partial charge is 0.152 e. The molecule has 0 aliphatic rings. The normalized spacial score (nSPS) is 11.6. The van der Waals surface area contributed by atoms with Crippen molar-refractivity contribution in [2.75, 3.05) is 0 Å². The highest BCUT2D eigenvalue weighted by molar-refractivity contribution is 9.10. The molecule has 0 radical (unpaired) electrons. The van der Waals surface area contributed by atoms with Crippen molar-refractivity contribution in [3.05, 3.63) is 40.1 Å². The van der Waals surface area contributed by atoms with Crippen molar-refractivity contribution in [3.8, 4) is 0 Å². The van der Waals surface area contributed by atoms with Crippen LogP contribution in [0.25, 0.3) is 5.57 Å². The van der Waals surface area contributed by atoms with Crippen molar-refractivity contribution >= 4 is 27.3 Å². The Kier molecular flexibility index (Phi) is 3.58. The molecule has 0 unspecified atom stereocenters. The summed E-state index contributed by atoms with van der Waals surface area (Å²) in [5.41, 5.74) is 1.10. The highest BCUT2D eigenvalue weighted by Crippen LogP contribution is 2.21. The SMILES string of the molecule is CC(=O)/C=C(/C)c1ccc(Br)cc1F. The Balaban J connectivity index is 3.14. The number of carbonyl (C=O) groups excluding carboxylic acids is 1. The van der Waals surface area contributed by atoms with Crippen LogP contribution in [-0.2, 0) is 4.79 Å². The minimum absolute atomic E-state index is 0.0789. The lowest BCUT2D eigenvalue weighted by atomic mass is 10.1. The van der Waals surface area contributed by atoms with Crippen molar-refractivity contribution < 1.29 is 9.18 Å². The molecule has 0 aliphatic carbocycles. The molecule has 0 heterocycles. The zero-order chi connectivity index (χ0) is 10.7. The molecule has 0 N–H and O–H groups in total. The molecule has 0 aromatic heterocycles. The lowest BCUT2D eigenvalue weighted by molar-refractivity contribution is -0.112. The highest BCUT2D eigenvalue weighted by atomic mass is 79.9. The van der Waals surface area contributed by atoms with Crippen LogP contribution in [0.4, 0.5) is 4.39 Å². The van der Waals surface area contributed by atoms with Crippen molar-refractivity contribution in [2.45, 2.75) is 13.8 Å². The van der Waals surface area contributed by atoms with E-state index in [0.29, 0.717) is 15.6 Å². The van der Waals surface area contributed by atoms with E-state index in [2.05, 4.69) is 15.9 Å². The Bertz CT molecular complexity index is 396. The Morgan fingerprint density at radius 3 is 2.57 bits per heavy atom. The van der Waals surface area contributed by atoms with E-state index in [1.807, 2.05) is 0 Å². The number of allylic oxidation sites excluding steroid dienone is 2. The van der Waals surface area contributed by atoms with Gasteiger partial charge in [0.1, 0.15) is 5.82 Å². The maximum absolute atomic E-state index is 13.4. The van der Waals surface area contributed by atoms with E-state index < -0.39 is 0 Å². The van der Waals surface area contributed by atoms with Gasteiger partial charge in [-0.3, -0.25) is 4.79 Å². The van der Waals surface area contributed by atoms with Gasteiger partial charge >= 0.3 is 0 Å². The summed E-state index contributed by atoms with van der Waals surface area (Å²) in [5.74, 6) is -0.404. The average molecular weight is 257 g/mol. The Hall–Kier alpha value is -0.960. The number of rotatable bonds is 2. The number of ketones is 1. The molecule has 3 heteroatoms. The molecule has 0 saturated heterocycles. The van der Waals surface area contributed by atoms with Crippen LogP contribution in [-0.4, -0.2) is 5.78 Å². The van der Waals surface area contributed by atoms with E-state index >= 15 is 0 Å². The molecule has 74 valence electrons. The Morgan fingerprint density at radius 2 is 2.07 bits per heavy atom. The van der Waals surface area contributed by atoms with Crippen LogP contribution in [0.15, 0.2) is 28.7 Å². The summed E-state index contributed by atoms with van der Waals surface area (Å²) in [6.07, 6.45) is 1.42. The molecule has 14 heavy (non-hydrogen) atoms. The van der Waals surface area contributed by atoms with Gasteiger partial charge in [-0.2, -0.15) is 0 Å². The first-order valence-corrected chi connectivity index (χ1v) is 4.94. The first kappa shape index (κ1) is 11.1. The van der Waals surface area contributed by atoms with Gasteiger partial charge in [-0.05, 0) is 37.6 Å². The molecule has 0 fully saturated rings. The average Bonchev–Trinajstić information content (AvgIpc) is 2.01. The molecule has 1 aromatic carbocycles. The van der Waals surface area contributed by atoms with E-state index in [1.54, 1.807) is 19.1 Å². The van der Waals surface area contributed by atoms with Crippen LogP contribution < -0.4 is 0 Å². The van der Waals surface area contributed by atoms with Gasteiger partial charge in [-0.25, -0.2) is 4.39 Å². The van der Waals surface area contributed by atoms with E-state index in [9.17, 15) is 9.18 Å².